The highest BCUT2D eigenvalue weighted by Crippen LogP contribution is 2.25. The Balaban J connectivity index is 2.00. The summed E-state index contributed by atoms with van der Waals surface area (Å²) in [4.78, 5) is 12.0. The third-order valence-corrected chi connectivity index (χ3v) is 4.46. The molecule has 126 valence electrons. The van der Waals surface area contributed by atoms with Crippen molar-refractivity contribution in [3.05, 3.63) is 54.7 Å². The van der Waals surface area contributed by atoms with E-state index >= 15 is 0 Å². The van der Waals surface area contributed by atoms with Crippen LogP contribution in [-0.4, -0.2) is 23.8 Å². The Kier molecular flexibility index (Phi) is 7.28. The molecule has 0 aromatic heterocycles. The Morgan fingerprint density at radius 3 is 2.67 bits per heavy atom. The topological polar surface area (TPSA) is 70.9 Å². The molecule has 0 saturated heterocycles. The monoisotopic (exact) mass is 550 g/mol. The van der Waals surface area contributed by atoms with Crippen LogP contribution in [0.4, 0.5) is 0 Å². The molecule has 0 spiro atoms. The highest BCUT2D eigenvalue weighted by molar-refractivity contribution is 14.1. The average molecular weight is 550 g/mol. The second kappa shape index (κ2) is 9.21. The summed E-state index contributed by atoms with van der Waals surface area (Å²) in [6.07, 6.45) is 2.36. The summed E-state index contributed by atoms with van der Waals surface area (Å²) < 4.78 is 7.18. The summed E-state index contributed by atoms with van der Waals surface area (Å²) >= 11 is 4.20. The van der Waals surface area contributed by atoms with Gasteiger partial charge in [0.2, 0.25) is 0 Å². The van der Waals surface area contributed by atoms with Gasteiger partial charge in [-0.3, -0.25) is 4.79 Å². The lowest BCUT2D eigenvalue weighted by Gasteiger charge is -2.05. The standard InChI is InChI=1S/C17H16I2N2O3/c1-2-7-24-14-5-3-11(4-6-14)17(23)21-20-10-12-8-13(18)9-15(19)16(12)22/h3-6,8-10,22H,2,7H2,1H3,(H,21,23)/b20-10-. The Bertz CT molecular complexity index is 746. The number of amides is 1. The van der Waals surface area contributed by atoms with Gasteiger partial charge >= 0.3 is 0 Å². The summed E-state index contributed by atoms with van der Waals surface area (Å²) in [6, 6.07) is 10.5. The van der Waals surface area contributed by atoms with Crippen LogP contribution in [0.1, 0.15) is 29.3 Å². The maximum Gasteiger partial charge on any atom is 0.271 e. The molecule has 0 bridgehead atoms. The van der Waals surface area contributed by atoms with Gasteiger partial charge in [0.25, 0.3) is 5.91 Å². The van der Waals surface area contributed by atoms with E-state index in [1.807, 2.05) is 35.6 Å². The first-order valence-corrected chi connectivity index (χ1v) is 9.41. The van der Waals surface area contributed by atoms with Gasteiger partial charge in [-0.05, 0) is 88.0 Å². The molecule has 0 saturated carbocycles. The van der Waals surface area contributed by atoms with E-state index in [1.54, 1.807) is 30.3 Å². The van der Waals surface area contributed by atoms with E-state index < -0.39 is 0 Å². The molecule has 24 heavy (non-hydrogen) atoms. The molecule has 0 aliphatic carbocycles. The van der Waals surface area contributed by atoms with Crippen LogP contribution in [0.25, 0.3) is 0 Å². The zero-order valence-electron chi connectivity index (χ0n) is 12.9. The maximum atomic E-state index is 12.0. The minimum Gasteiger partial charge on any atom is -0.506 e. The number of rotatable bonds is 6. The summed E-state index contributed by atoms with van der Waals surface area (Å²) in [5, 5.41) is 13.9. The second-order valence-electron chi connectivity index (χ2n) is 4.90. The lowest BCUT2D eigenvalue weighted by molar-refractivity contribution is 0.0955. The first kappa shape index (κ1) is 19.0. The van der Waals surface area contributed by atoms with Crippen LogP contribution < -0.4 is 10.2 Å². The van der Waals surface area contributed by atoms with E-state index in [0.29, 0.717) is 17.7 Å². The number of hydrazone groups is 1. The molecule has 0 atom stereocenters. The fourth-order valence-corrected chi connectivity index (χ4v) is 3.72. The Morgan fingerprint density at radius 1 is 1.29 bits per heavy atom. The van der Waals surface area contributed by atoms with Crippen LogP contribution >= 0.6 is 45.2 Å². The van der Waals surface area contributed by atoms with Crippen LogP contribution in [0.15, 0.2) is 41.5 Å². The SMILES string of the molecule is CCCOc1ccc(C(=O)N/N=C\c2cc(I)cc(I)c2O)cc1. The summed E-state index contributed by atoms with van der Waals surface area (Å²) in [5.41, 5.74) is 3.48. The molecular formula is C17H16I2N2O3. The van der Waals surface area contributed by atoms with Gasteiger partial charge in [0, 0.05) is 14.7 Å². The predicted molar refractivity (Wildman–Crippen MR) is 111 cm³/mol. The molecule has 7 heteroatoms. The summed E-state index contributed by atoms with van der Waals surface area (Å²) in [7, 11) is 0. The number of nitrogens with zero attached hydrogens (tertiary/aromatic N) is 1. The summed E-state index contributed by atoms with van der Waals surface area (Å²) in [5.74, 6) is 0.551. The van der Waals surface area contributed by atoms with Crippen molar-refractivity contribution >= 4 is 57.3 Å². The van der Waals surface area contributed by atoms with Crippen molar-refractivity contribution in [3.63, 3.8) is 0 Å². The van der Waals surface area contributed by atoms with Gasteiger partial charge in [-0.2, -0.15) is 5.10 Å². The predicted octanol–water partition coefficient (Wildman–Crippen LogP) is 4.15. The highest BCUT2D eigenvalue weighted by atomic mass is 127. The molecular weight excluding hydrogens is 534 g/mol. The van der Waals surface area contributed by atoms with E-state index in [2.05, 4.69) is 33.1 Å². The molecule has 0 fully saturated rings. The minimum absolute atomic E-state index is 0.145. The molecule has 0 aliphatic rings. The van der Waals surface area contributed by atoms with Crippen LogP contribution in [-0.2, 0) is 0 Å². The van der Waals surface area contributed by atoms with Crippen molar-refractivity contribution < 1.29 is 14.6 Å². The molecule has 5 nitrogen and oxygen atoms in total. The van der Waals surface area contributed by atoms with Crippen molar-refractivity contribution in [1.29, 1.82) is 0 Å². The van der Waals surface area contributed by atoms with Crippen molar-refractivity contribution in [2.75, 3.05) is 6.61 Å². The third-order valence-electron chi connectivity index (χ3n) is 3.02. The number of carbonyl (C=O) groups is 1. The Labute approximate surface area is 167 Å². The quantitative estimate of drug-likeness (QED) is 0.323. The van der Waals surface area contributed by atoms with Gasteiger partial charge in [-0.1, -0.05) is 6.92 Å². The molecule has 2 rings (SSSR count). The van der Waals surface area contributed by atoms with E-state index in [4.69, 9.17) is 4.74 Å². The molecule has 2 aromatic carbocycles. The first-order chi connectivity index (χ1) is 11.5. The van der Waals surface area contributed by atoms with Gasteiger partial charge in [-0.25, -0.2) is 5.43 Å². The lowest BCUT2D eigenvalue weighted by atomic mass is 10.2. The number of halogens is 2. The number of benzene rings is 2. The number of phenolic OH excluding ortho intramolecular Hbond substituents is 1. The van der Waals surface area contributed by atoms with Gasteiger partial charge in [0.05, 0.1) is 16.4 Å². The fraction of sp³-hybridized carbons (Fsp3) is 0.176. The van der Waals surface area contributed by atoms with Crippen LogP contribution in [0.3, 0.4) is 0 Å². The lowest BCUT2D eigenvalue weighted by Crippen LogP contribution is -2.17. The second-order valence-corrected chi connectivity index (χ2v) is 7.31. The largest absolute Gasteiger partial charge is 0.506 e. The van der Waals surface area contributed by atoms with E-state index in [9.17, 15) is 9.90 Å². The smallest absolute Gasteiger partial charge is 0.271 e. The van der Waals surface area contributed by atoms with Gasteiger partial charge in [0.15, 0.2) is 0 Å². The number of phenols is 1. The molecule has 1 amide bonds. The van der Waals surface area contributed by atoms with Gasteiger partial charge < -0.3 is 9.84 Å². The highest BCUT2D eigenvalue weighted by Gasteiger charge is 2.07. The van der Waals surface area contributed by atoms with Crippen LogP contribution in [0.2, 0.25) is 0 Å². The van der Waals surface area contributed by atoms with E-state index in [-0.39, 0.29) is 11.7 Å². The third kappa shape index (κ3) is 5.33. The normalized spacial score (nSPS) is 10.8. The number of aromatic hydroxyl groups is 1. The van der Waals surface area contributed by atoms with Crippen molar-refractivity contribution in [1.82, 2.24) is 5.43 Å². The average Bonchev–Trinajstić information content (AvgIpc) is 2.57. The first-order valence-electron chi connectivity index (χ1n) is 7.25. The number of hydrogen-bond acceptors (Lipinski definition) is 4. The molecule has 2 N–H and O–H groups in total. The van der Waals surface area contributed by atoms with E-state index in [0.717, 1.165) is 19.3 Å². The molecule has 0 heterocycles. The van der Waals surface area contributed by atoms with E-state index in [1.165, 1.54) is 6.21 Å². The minimum atomic E-state index is -0.326. The number of hydrogen-bond donors (Lipinski definition) is 2. The van der Waals surface area contributed by atoms with Crippen LogP contribution in [0.5, 0.6) is 11.5 Å². The fourth-order valence-electron chi connectivity index (χ4n) is 1.83. The summed E-state index contributed by atoms with van der Waals surface area (Å²) in [6.45, 7) is 2.68. The number of nitrogens with one attached hydrogen (secondary N) is 1. The zero-order valence-corrected chi connectivity index (χ0v) is 17.2. The van der Waals surface area contributed by atoms with Gasteiger partial charge in [0.1, 0.15) is 11.5 Å². The van der Waals surface area contributed by atoms with Crippen LogP contribution in [0, 0.1) is 7.14 Å². The Morgan fingerprint density at radius 2 is 2.00 bits per heavy atom. The van der Waals surface area contributed by atoms with Crippen molar-refractivity contribution in [2.45, 2.75) is 13.3 Å². The van der Waals surface area contributed by atoms with Gasteiger partial charge in [-0.15, -0.1) is 0 Å². The van der Waals surface area contributed by atoms with Crippen molar-refractivity contribution in [3.8, 4) is 11.5 Å². The number of carbonyl (C=O) groups excluding carboxylic acids is 1. The van der Waals surface area contributed by atoms with Crippen molar-refractivity contribution in [2.24, 2.45) is 5.10 Å². The molecule has 0 aliphatic heterocycles. The number of ether oxygens (including phenoxy) is 1. The maximum absolute atomic E-state index is 12.0. The molecule has 2 aromatic rings. The zero-order chi connectivity index (χ0) is 17.5. The molecule has 0 unspecified atom stereocenters. The molecule has 0 radical (unpaired) electrons. The Hall–Kier alpha value is -1.36.